The number of ether oxygens (including phenoxy) is 7. The van der Waals surface area contributed by atoms with Gasteiger partial charge in [0.1, 0.15) is 24.9 Å². The molecule has 12 nitrogen and oxygen atoms in total. The lowest BCUT2D eigenvalue weighted by molar-refractivity contribution is -0.307. The van der Waals surface area contributed by atoms with Crippen molar-refractivity contribution < 1.29 is 57.1 Å². The summed E-state index contributed by atoms with van der Waals surface area (Å²) in [6, 6.07) is 0. The Labute approximate surface area is 185 Å². The van der Waals surface area contributed by atoms with E-state index < -0.39 is 79.4 Å². The first-order valence-corrected chi connectivity index (χ1v) is 9.83. The third-order valence-electron chi connectivity index (χ3n) is 3.73. The van der Waals surface area contributed by atoms with E-state index in [1.807, 2.05) is 0 Å². The normalized spacial score (nSPS) is 25.3. The van der Waals surface area contributed by atoms with Crippen LogP contribution in [-0.2, 0) is 57.1 Å². The fourth-order valence-corrected chi connectivity index (χ4v) is 2.84. The predicted molar refractivity (Wildman–Crippen MR) is 104 cm³/mol. The smallest absolute Gasteiger partial charge is 0.332 e. The molecule has 5 atom stereocenters. The van der Waals surface area contributed by atoms with Crippen molar-refractivity contribution in [1.29, 1.82) is 0 Å². The highest BCUT2D eigenvalue weighted by atomic mass is 16.7. The average molecular weight is 462 g/mol. The molecule has 0 aromatic rings. The van der Waals surface area contributed by atoms with Gasteiger partial charge in [0.15, 0.2) is 24.6 Å². The summed E-state index contributed by atoms with van der Waals surface area (Å²) in [5, 5.41) is 0. The largest absolute Gasteiger partial charge is 0.463 e. The number of rotatable bonds is 8. The van der Waals surface area contributed by atoms with Crippen molar-refractivity contribution in [3.05, 3.63) is 0 Å². The predicted octanol–water partition coefficient (Wildman–Crippen LogP) is 0.428. The molecule has 1 saturated heterocycles. The van der Waals surface area contributed by atoms with Crippen LogP contribution in [0.15, 0.2) is 0 Å². The Morgan fingerprint density at radius 2 is 1.25 bits per heavy atom. The van der Waals surface area contributed by atoms with Gasteiger partial charge in [-0.05, 0) is 20.8 Å². The summed E-state index contributed by atoms with van der Waals surface area (Å²) in [5.41, 5.74) is -0.776. The number of carbonyl (C=O) groups is 5. The maximum absolute atomic E-state index is 12.1. The van der Waals surface area contributed by atoms with Gasteiger partial charge in [0.25, 0.3) is 0 Å². The van der Waals surface area contributed by atoms with Gasteiger partial charge in [0.2, 0.25) is 0 Å². The molecule has 0 aromatic carbocycles. The van der Waals surface area contributed by atoms with Gasteiger partial charge in [0, 0.05) is 27.7 Å². The van der Waals surface area contributed by atoms with Crippen LogP contribution in [0.3, 0.4) is 0 Å². The van der Waals surface area contributed by atoms with Gasteiger partial charge in [-0.2, -0.15) is 0 Å². The molecule has 0 bridgehead atoms. The van der Waals surface area contributed by atoms with Crippen LogP contribution in [-0.4, -0.2) is 79.4 Å². The standard InChI is InChI=1S/C20H30O12/c1-10(21)26-8-14-16(28-11(2)22)17(29-12(3)23)18(30-13(4)24)19(31-14)27-9-15(25)32-20(5,6)7/h14,16-19H,8-9H2,1-7H3/t14-,16-,17+,18+,19+/m1/s1. The molecule has 0 aliphatic carbocycles. The first-order valence-electron chi connectivity index (χ1n) is 9.83. The molecule has 12 heteroatoms. The van der Waals surface area contributed by atoms with E-state index in [1.165, 1.54) is 0 Å². The first kappa shape index (κ1) is 27.3. The van der Waals surface area contributed by atoms with E-state index in [2.05, 4.69) is 0 Å². The van der Waals surface area contributed by atoms with Crippen LogP contribution in [0.25, 0.3) is 0 Å². The Hall–Kier alpha value is -2.73. The highest BCUT2D eigenvalue weighted by Crippen LogP contribution is 2.30. The van der Waals surface area contributed by atoms with Crippen LogP contribution in [0.4, 0.5) is 0 Å². The Morgan fingerprint density at radius 1 is 0.750 bits per heavy atom. The second-order valence-electron chi connectivity index (χ2n) is 7.97. The summed E-state index contributed by atoms with van der Waals surface area (Å²) in [6.07, 6.45) is -6.69. The second kappa shape index (κ2) is 11.8. The molecule has 0 saturated carbocycles. The van der Waals surface area contributed by atoms with E-state index in [-0.39, 0.29) is 0 Å². The molecule has 0 aromatic heterocycles. The molecular formula is C20H30O12. The summed E-state index contributed by atoms with van der Waals surface area (Å²) >= 11 is 0. The van der Waals surface area contributed by atoms with Gasteiger partial charge in [-0.3, -0.25) is 19.2 Å². The molecule has 1 rings (SSSR count). The lowest BCUT2D eigenvalue weighted by Crippen LogP contribution is -2.63. The van der Waals surface area contributed by atoms with Crippen LogP contribution < -0.4 is 0 Å². The van der Waals surface area contributed by atoms with E-state index in [9.17, 15) is 24.0 Å². The molecular weight excluding hydrogens is 432 g/mol. The Bertz CT molecular complexity index is 710. The van der Waals surface area contributed by atoms with Gasteiger partial charge >= 0.3 is 29.8 Å². The minimum Gasteiger partial charge on any atom is -0.463 e. The Kier molecular flexibility index (Phi) is 10.0. The number of carbonyl (C=O) groups excluding carboxylic acids is 5. The monoisotopic (exact) mass is 462 g/mol. The first-order chi connectivity index (χ1) is 14.7. The van der Waals surface area contributed by atoms with E-state index in [4.69, 9.17) is 33.2 Å². The second-order valence-corrected chi connectivity index (χ2v) is 7.97. The lowest BCUT2D eigenvalue weighted by Gasteiger charge is -2.43. The molecule has 0 radical (unpaired) electrons. The maximum Gasteiger partial charge on any atom is 0.332 e. The third-order valence-corrected chi connectivity index (χ3v) is 3.73. The Morgan fingerprint density at radius 3 is 1.72 bits per heavy atom. The molecule has 1 aliphatic rings. The van der Waals surface area contributed by atoms with Crippen molar-refractivity contribution in [2.75, 3.05) is 13.2 Å². The molecule has 182 valence electrons. The van der Waals surface area contributed by atoms with Crippen LogP contribution in [0.2, 0.25) is 0 Å². The highest BCUT2D eigenvalue weighted by molar-refractivity contribution is 5.71. The molecule has 0 N–H and O–H groups in total. The van der Waals surface area contributed by atoms with Crippen LogP contribution >= 0.6 is 0 Å². The van der Waals surface area contributed by atoms with Crippen LogP contribution in [0.5, 0.6) is 0 Å². The Balaban J connectivity index is 3.23. The van der Waals surface area contributed by atoms with Crippen LogP contribution in [0, 0.1) is 0 Å². The van der Waals surface area contributed by atoms with Crippen molar-refractivity contribution in [1.82, 2.24) is 0 Å². The average Bonchev–Trinajstić information content (AvgIpc) is 2.59. The van der Waals surface area contributed by atoms with E-state index in [0.717, 1.165) is 27.7 Å². The van der Waals surface area contributed by atoms with E-state index >= 15 is 0 Å². The van der Waals surface area contributed by atoms with Gasteiger partial charge in [-0.1, -0.05) is 0 Å². The number of esters is 5. The molecule has 1 fully saturated rings. The van der Waals surface area contributed by atoms with Crippen molar-refractivity contribution in [3.8, 4) is 0 Å². The topological polar surface area (TPSA) is 150 Å². The van der Waals surface area contributed by atoms with E-state index in [0.29, 0.717) is 0 Å². The van der Waals surface area contributed by atoms with Crippen molar-refractivity contribution in [2.45, 2.75) is 84.8 Å². The molecule has 0 amide bonds. The lowest BCUT2D eigenvalue weighted by atomic mass is 9.98. The summed E-state index contributed by atoms with van der Waals surface area (Å²) < 4.78 is 37.0. The van der Waals surface area contributed by atoms with Gasteiger partial charge in [-0.15, -0.1) is 0 Å². The summed E-state index contributed by atoms with van der Waals surface area (Å²) in [4.78, 5) is 58.4. The zero-order valence-corrected chi connectivity index (χ0v) is 19.2. The number of hydrogen-bond donors (Lipinski definition) is 0. The quantitative estimate of drug-likeness (QED) is 0.363. The number of hydrogen-bond acceptors (Lipinski definition) is 12. The zero-order chi connectivity index (χ0) is 24.6. The minimum absolute atomic E-state index is 0.399. The van der Waals surface area contributed by atoms with Gasteiger partial charge in [-0.25, -0.2) is 4.79 Å². The van der Waals surface area contributed by atoms with Crippen LogP contribution in [0.1, 0.15) is 48.5 Å². The van der Waals surface area contributed by atoms with Gasteiger partial charge in [0.05, 0.1) is 0 Å². The molecule has 1 heterocycles. The fourth-order valence-electron chi connectivity index (χ4n) is 2.84. The van der Waals surface area contributed by atoms with Crippen molar-refractivity contribution in [2.24, 2.45) is 0 Å². The highest BCUT2D eigenvalue weighted by Gasteiger charge is 2.53. The fraction of sp³-hybridized carbons (Fsp3) is 0.750. The maximum atomic E-state index is 12.1. The summed E-state index contributed by atoms with van der Waals surface area (Å²) in [5.74, 6) is -3.68. The SMILES string of the molecule is CC(=O)OC[C@H]1O[C@H](OCC(=O)OC(C)(C)C)[C@@H](OC(C)=O)[C@@H](OC(C)=O)[C@@H]1OC(C)=O. The summed E-state index contributed by atoms with van der Waals surface area (Å²) in [7, 11) is 0. The molecule has 32 heavy (non-hydrogen) atoms. The molecule has 1 aliphatic heterocycles. The molecule has 0 unspecified atom stereocenters. The van der Waals surface area contributed by atoms with Gasteiger partial charge < -0.3 is 33.2 Å². The van der Waals surface area contributed by atoms with Crippen molar-refractivity contribution in [3.63, 3.8) is 0 Å². The van der Waals surface area contributed by atoms with Crippen molar-refractivity contribution >= 4 is 29.8 Å². The zero-order valence-electron chi connectivity index (χ0n) is 19.2. The third kappa shape index (κ3) is 9.60. The van der Waals surface area contributed by atoms with E-state index in [1.54, 1.807) is 20.8 Å². The summed E-state index contributed by atoms with van der Waals surface area (Å²) in [6.45, 7) is 8.47. The molecule has 0 spiro atoms. The minimum atomic E-state index is -1.44.